The zero-order valence-electron chi connectivity index (χ0n) is 5.07. The van der Waals surface area contributed by atoms with E-state index in [0.717, 1.165) is 5.57 Å². The van der Waals surface area contributed by atoms with Crippen molar-refractivity contribution in [3.8, 4) is 11.8 Å². The molecule has 0 atom stereocenters. The molecule has 1 radical (unpaired) electrons. The third kappa shape index (κ3) is 3.24. The van der Waals surface area contributed by atoms with Gasteiger partial charge in [0.2, 0.25) is 0 Å². The van der Waals surface area contributed by atoms with Crippen LogP contribution >= 0.6 is 0 Å². The van der Waals surface area contributed by atoms with E-state index in [2.05, 4.69) is 18.4 Å². The second-order valence-corrected chi connectivity index (χ2v) is 1.38. The van der Waals surface area contributed by atoms with Gasteiger partial charge in [0.1, 0.15) is 0 Å². The molecule has 0 rings (SSSR count). The summed E-state index contributed by atoms with van der Waals surface area (Å²) in [6, 6.07) is 0. The smallest absolute Gasteiger partial charge is 0.0340 e. The van der Waals surface area contributed by atoms with E-state index in [9.17, 15) is 0 Å². The number of rotatable bonds is 2. The standard InChI is InChI=1S/C8H9/c1-4-6-7-8(3)5-2/h3,5H,2,7H2,1H3. The molecule has 0 aliphatic carbocycles. The zero-order chi connectivity index (χ0) is 6.41. The van der Waals surface area contributed by atoms with Gasteiger partial charge in [0.15, 0.2) is 0 Å². The lowest BCUT2D eigenvalue weighted by atomic mass is 10.2. The van der Waals surface area contributed by atoms with Gasteiger partial charge in [-0.1, -0.05) is 25.2 Å². The van der Waals surface area contributed by atoms with Crippen molar-refractivity contribution in [3.05, 3.63) is 24.8 Å². The maximum absolute atomic E-state index is 5.36. The summed E-state index contributed by atoms with van der Waals surface area (Å²) in [6.45, 7) is 10.6. The van der Waals surface area contributed by atoms with Gasteiger partial charge in [-0.2, -0.15) is 0 Å². The lowest BCUT2D eigenvalue weighted by molar-refractivity contribution is 1.35. The van der Waals surface area contributed by atoms with Crippen LogP contribution in [0.25, 0.3) is 0 Å². The SMILES string of the molecule is [CH]=C(C=C)CC#CC. The first-order valence-corrected chi connectivity index (χ1v) is 2.44. The van der Waals surface area contributed by atoms with Crippen molar-refractivity contribution >= 4 is 0 Å². The number of hydrogen-bond donors (Lipinski definition) is 0. The topological polar surface area (TPSA) is 0 Å². The highest BCUT2D eigenvalue weighted by molar-refractivity contribution is 5.17. The van der Waals surface area contributed by atoms with E-state index in [1.807, 2.05) is 0 Å². The van der Waals surface area contributed by atoms with Crippen molar-refractivity contribution in [2.24, 2.45) is 0 Å². The van der Waals surface area contributed by atoms with Crippen LogP contribution in [0.3, 0.4) is 0 Å². The fourth-order valence-electron chi connectivity index (χ4n) is 0.263. The minimum atomic E-state index is 0.639. The summed E-state index contributed by atoms with van der Waals surface area (Å²) in [6.07, 6.45) is 2.25. The summed E-state index contributed by atoms with van der Waals surface area (Å²) in [5.41, 5.74) is 0.736. The van der Waals surface area contributed by atoms with E-state index < -0.39 is 0 Å². The molecule has 0 saturated carbocycles. The van der Waals surface area contributed by atoms with Crippen molar-refractivity contribution in [1.29, 1.82) is 0 Å². The normalized spacial score (nSPS) is 6.62. The van der Waals surface area contributed by atoms with Gasteiger partial charge in [-0.3, -0.25) is 0 Å². The molecular formula is C8H9. The van der Waals surface area contributed by atoms with E-state index in [1.165, 1.54) is 0 Å². The molecule has 0 aromatic carbocycles. The Hall–Kier alpha value is -0.960. The highest BCUT2D eigenvalue weighted by Gasteiger charge is 1.77. The van der Waals surface area contributed by atoms with Crippen LogP contribution in [-0.4, -0.2) is 0 Å². The third-order valence-corrected chi connectivity index (χ3v) is 0.731. The van der Waals surface area contributed by atoms with Gasteiger partial charge in [-0.25, -0.2) is 0 Å². The minimum absolute atomic E-state index is 0.639. The Kier molecular flexibility index (Phi) is 3.70. The molecule has 0 heterocycles. The molecule has 0 N–H and O–H groups in total. The highest BCUT2D eigenvalue weighted by Crippen LogP contribution is 1.93. The highest BCUT2D eigenvalue weighted by atomic mass is 13.8. The molecule has 8 heavy (non-hydrogen) atoms. The largest absolute Gasteiger partial charge is 0.106 e. The molecule has 0 aliphatic rings. The fraction of sp³-hybridized carbons (Fsp3) is 0.250. The lowest BCUT2D eigenvalue weighted by Gasteiger charge is -1.84. The Morgan fingerprint density at radius 1 is 1.88 bits per heavy atom. The molecular weight excluding hydrogens is 96.1 g/mol. The van der Waals surface area contributed by atoms with Gasteiger partial charge in [0, 0.05) is 6.42 Å². The lowest BCUT2D eigenvalue weighted by Crippen LogP contribution is -1.68. The van der Waals surface area contributed by atoms with E-state index in [1.54, 1.807) is 13.0 Å². The molecule has 0 unspecified atom stereocenters. The maximum Gasteiger partial charge on any atom is 0.0340 e. The van der Waals surface area contributed by atoms with Crippen LogP contribution in [0.2, 0.25) is 0 Å². The monoisotopic (exact) mass is 105 g/mol. The Morgan fingerprint density at radius 2 is 2.50 bits per heavy atom. The third-order valence-electron chi connectivity index (χ3n) is 0.731. The predicted molar refractivity (Wildman–Crippen MR) is 36.1 cm³/mol. The average Bonchev–Trinajstić information content (AvgIpc) is 1.83. The Bertz CT molecular complexity index is 141. The maximum atomic E-state index is 5.36. The molecule has 0 aromatic heterocycles. The second kappa shape index (κ2) is 4.21. The molecule has 41 valence electrons. The van der Waals surface area contributed by atoms with E-state index in [-0.39, 0.29) is 0 Å². The molecule has 0 amide bonds. The van der Waals surface area contributed by atoms with Crippen LogP contribution in [0.15, 0.2) is 18.2 Å². The quantitative estimate of drug-likeness (QED) is 0.372. The van der Waals surface area contributed by atoms with Crippen molar-refractivity contribution in [3.63, 3.8) is 0 Å². The van der Waals surface area contributed by atoms with Crippen LogP contribution in [-0.2, 0) is 0 Å². The van der Waals surface area contributed by atoms with Crippen LogP contribution in [0.4, 0.5) is 0 Å². The molecule has 0 fully saturated rings. The van der Waals surface area contributed by atoms with Gasteiger partial charge in [-0.15, -0.1) is 5.92 Å². The summed E-state index contributed by atoms with van der Waals surface area (Å²) >= 11 is 0. The Morgan fingerprint density at radius 3 is 2.88 bits per heavy atom. The van der Waals surface area contributed by atoms with Crippen LogP contribution in [0, 0.1) is 18.4 Å². The second-order valence-electron chi connectivity index (χ2n) is 1.38. The molecule has 0 saturated heterocycles. The summed E-state index contributed by atoms with van der Waals surface area (Å²) in [4.78, 5) is 0. The zero-order valence-corrected chi connectivity index (χ0v) is 5.07. The van der Waals surface area contributed by atoms with Crippen molar-refractivity contribution < 1.29 is 0 Å². The molecule has 0 spiro atoms. The van der Waals surface area contributed by atoms with Gasteiger partial charge < -0.3 is 0 Å². The number of hydrogen-bond acceptors (Lipinski definition) is 0. The minimum Gasteiger partial charge on any atom is -0.106 e. The van der Waals surface area contributed by atoms with Gasteiger partial charge in [0.05, 0.1) is 0 Å². The van der Waals surface area contributed by atoms with E-state index in [0.29, 0.717) is 6.42 Å². The van der Waals surface area contributed by atoms with E-state index in [4.69, 9.17) is 6.58 Å². The van der Waals surface area contributed by atoms with Crippen molar-refractivity contribution in [1.82, 2.24) is 0 Å². The fourth-order valence-corrected chi connectivity index (χ4v) is 0.263. The van der Waals surface area contributed by atoms with Crippen LogP contribution < -0.4 is 0 Å². The summed E-state index contributed by atoms with van der Waals surface area (Å²) in [5.74, 6) is 5.55. The van der Waals surface area contributed by atoms with Gasteiger partial charge in [-0.05, 0) is 12.5 Å². The van der Waals surface area contributed by atoms with Crippen molar-refractivity contribution in [2.45, 2.75) is 13.3 Å². The van der Waals surface area contributed by atoms with Gasteiger partial charge in [0.25, 0.3) is 0 Å². The van der Waals surface area contributed by atoms with Crippen LogP contribution in [0.5, 0.6) is 0 Å². The summed E-state index contributed by atoms with van der Waals surface area (Å²) in [5, 5.41) is 0. The Balaban J connectivity index is 3.50. The Labute approximate surface area is 50.9 Å². The molecule has 0 heteroatoms. The summed E-state index contributed by atoms with van der Waals surface area (Å²) < 4.78 is 0. The molecule has 0 aliphatic heterocycles. The first-order chi connectivity index (χ1) is 3.81. The first-order valence-electron chi connectivity index (χ1n) is 2.44. The van der Waals surface area contributed by atoms with Crippen molar-refractivity contribution in [2.75, 3.05) is 0 Å². The average molecular weight is 105 g/mol. The van der Waals surface area contributed by atoms with Crippen LogP contribution in [0.1, 0.15) is 13.3 Å². The first kappa shape index (κ1) is 7.04. The van der Waals surface area contributed by atoms with E-state index >= 15 is 0 Å². The molecule has 0 nitrogen and oxygen atoms in total. The predicted octanol–water partition coefficient (Wildman–Crippen LogP) is 1.95. The summed E-state index contributed by atoms with van der Waals surface area (Å²) in [7, 11) is 0. The molecule has 0 bridgehead atoms. The number of allylic oxidation sites excluding steroid dienone is 2. The van der Waals surface area contributed by atoms with Gasteiger partial charge >= 0.3 is 0 Å². The molecule has 0 aromatic rings.